The molecule has 2 bridgehead atoms. The van der Waals surface area contributed by atoms with Gasteiger partial charge in [-0.2, -0.15) is 0 Å². The molecule has 210 valence electrons. The summed E-state index contributed by atoms with van der Waals surface area (Å²) in [7, 11) is 0. The number of carbonyl (C=O) groups is 3. The molecule has 3 N–H and O–H groups in total. The predicted molar refractivity (Wildman–Crippen MR) is 143 cm³/mol. The standard InChI is InChI=1S/C29H43N3O6/c1-9-37-19-12-10-18(11-13-19)30-24(34)21-22-26(36)32(20(15-33)16(2)3)23(25(35)31-27(5,6)7)29(22)14-17(4)28(21,8)38-29/h10-13,16-17,20-23,33H,9,14-15H2,1-8H3,(H,30,34)(H,31,35)/t17?,20-,21-,22-,23?,28+,29?/m0/s1. The molecule has 7 atom stereocenters. The lowest BCUT2D eigenvalue weighted by Gasteiger charge is -2.39. The van der Waals surface area contributed by atoms with Crippen molar-refractivity contribution in [2.45, 2.75) is 90.6 Å². The first-order valence-corrected chi connectivity index (χ1v) is 13.7. The zero-order valence-electron chi connectivity index (χ0n) is 23.8. The molecule has 3 aliphatic heterocycles. The number of nitrogens with one attached hydrogen (secondary N) is 2. The molecule has 3 fully saturated rings. The Morgan fingerprint density at radius 3 is 2.37 bits per heavy atom. The molecule has 4 rings (SSSR count). The summed E-state index contributed by atoms with van der Waals surface area (Å²) in [5, 5.41) is 16.3. The number of ether oxygens (including phenoxy) is 2. The van der Waals surface area contributed by atoms with Crippen molar-refractivity contribution in [1.82, 2.24) is 10.2 Å². The molecular weight excluding hydrogens is 486 g/mol. The van der Waals surface area contributed by atoms with Gasteiger partial charge in [0.05, 0.1) is 36.7 Å². The van der Waals surface area contributed by atoms with E-state index in [2.05, 4.69) is 10.6 Å². The van der Waals surface area contributed by atoms with E-state index < -0.39 is 40.7 Å². The molecule has 3 aliphatic rings. The van der Waals surface area contributed by atoms with Gasteiger partial charge in [0.25, 0.3) is 0 Å². The van der Waals surface area contributed by atoms with Crippen LogP contribution in [-0.4, -0.2) is 69.8 Å². The van der Waals surface area contributed by atoms with Gasteiger partial charge in [-0.3, -0.25) is 14.4 Å². The van der Waals surface area contributed by atoms with Crippen molar-refractivity contribution in [3.63, 3.8) is 0 Å². The van der Waals surface area contributed by atoms with E-state index in [-0.39, 0.29) is 36.2 Å². The minimum absolute atomic E-state index is 0.0702. The highest BCUT2D eigenvalue weighted by Crippen LogP contribution is 2.65. The Morgan fingerprint density at radius 1 is 1.21 bits per heavy atom. The van der Waals surface area contributed by atoms with Crippen molar-refractivity contribution in [3.05, 3.63) is 24.3 Å². The molecule has 3 saturated heterocycles. The number of fused-ring (bicyclic) bond motifs is 1. The number of anilines is 1. The summed E-state index contributed by atoms with van der Waals surface area (Å²) < 4.78 is 12.2. The average molecular weight is 530 g/mol. The number of aliphatic hydroxyl groups is 1. The first-order valence-electron chi connectivity index (χ1n) is 13.7. The van der Waals surface area contributed by atoms with Crippen LogP contribution in [0.5, 0.6) is 5.75 Å². The molecular formula is C29H43N3O6. The first-order chi connectivity index (χ1) is 17.7. The van der Waals surface area contributed by atoms with Crippen LogP contribution in [0.2, 0.25) is 0 Å². The van der Waals surface area contributed by atoms with Crippen LogP contribution in [0.4, 0.5) is 5.69 Å². The lowest BCUT2D eigenvalue weighted by atomic mass is 9.62. The second-order valence-electron chi connectivity index (χ2n) is 12.6. The topological polar surface area (TPSA) is 117 Å². The van der Waals surface area contributed by atoms with E-state index >= 15 is 0 Å². The van der Waals surface area contributed by atoms with Gasteiger partial charge in [0.2, 0.25) is 17.7 Å². The van der Waals surface area contributed by atoms with Crippen LogP contribution in [0.3, 0.4) is 0 Å². The molecule has 0 saturated carbocycles. The summed E-state index contributed by atoms with van der Waals surface area (Å²) in [6.07, 6.45) is 0.474. The van der Waals surface area contributed by atoms with Gasteiger partial charge in [-0.15, -0.1) is 0 Å². The monoisotopic (exact) mass is 529 g/mol. The lowest BCUT2D eigenvalue weighted by Crippen LogP contribution is -2.61. The number of amides is 3. The van der Waals surface area contributed by atoms with E-state index in [0.29, 0.717) is 24.5 Å². The molecule has 1 aromatic carbocycles. The Labute approximate surface area is 225 Å². The largest absolute Gasteiger partial charge is 0.494 e. The number of benzene rings is 1. The van der Waals surface area contributed by atoms with Gasteiger partial charge < -0.3 is 30.1 Å². The van der Waals surface area contributed by atoms with Crippen molar-refractivity contribution in [3.8, 4) is 5.75 Å². The normalized spacial score (nSPS) is 32.9. The van der Waals surface area contributed by atoms with E-state index in [4.69, 9.17) is 9.47 Å². The molecule has 9 nitrogen and oxygen atoms in total. The van der Waals surface area contributed by atoms with Gasteiger partial charge >= 0.3 is 0 Å². The highest BCUT2D eigenvalue weighted by molar-refractivity contribution is 6.02. The zero-order valence-corrected chi connectivity index (χ0v) is 23.8. The van der Waals surface area contributed by atoms with Crippen molar-refractivity contribution in [1.29, 1.82) is 0 Å². The summed E-state index contributed by atoms with van der Waals surface area (Å²) in [4.78, 5) is 43.5. The van der Waals surface area contributed by atoms with Gasteiger partial charge in [0.15, 0.2) is 0 Å². The van der Waals surface area contributed by atoms with Crippen molar-refractivity contribution in [2.24, 2.45) is 23.7 Å². The molecule has 38 heavy (non-hydrogen) atoms. The smallest absolute Gasteiger partial charge is 0.246 e. The summed E-state index contributed by atoms with van der Waals surface area (Å²) in [6.45, 7) is 15.5. The first kappa shape index (κ1) is 28.4. The number of hydrogen-bond acceptors (Lipinski definition) is 6. The number of likely N-dealkylation sites (tertiary alicyclic amines) is 1. The van der Waals surface area contributed by atoms with E-state index in [1.165, 1.54) is 4.90 Å². The van der Waals surface area contributed by atoms with Crippen LogP contribution in [0.15, 0.2) is 24.3 Å². The van der Waals surface area contributed by atoms with Gasteiger partial charge in [-0.1, -0.05) is 20.8 Å². The summed E-state index contributed by atoms with van der Waals surface area (Å²) in [5.41, 5.74) is -2.03. The van der Waals surface area contributed by atoms with Gasteiger partial charge in [-0.05, 0) is 77.1 Å². The summed E-state index contributed by atoms with van der Waals surface area (Å²) >= 11 is 0. The Hall–Kier alpha value is -2.65. The SMILES string of the molecule is CCOc1ccc(NC(=O)[C@@H]2[C@H]3C(=O)N([C@@H](CO)C(C)C)C(C(=O)NC(C)(C)C)C34CC(C)[C@@]2(C)O4)cc1. The molecule has 1 aromatic rings. The number of rotatable bonds is 8. The quantitative estimate of drug-likeness (QED) is 0.477. The highest BCUT2D eigenvalue weighted by Gasteiger charge is 2.80. The Balaban J connectivity index is 1.75. The van der Waals surface area contributed by atoms with E-state index in [0.717, 1.165) is 0 Å². The zero-order chi connectivity index (χ0) is 28.2. The van der Waals surface area contributed by atoms with Gasteiger partial charge in [0, 0.05) is 11.2 Å². The Morgan fingerprint density at radius 2 is 1.84 bits per heavy atom. The number of carbonyl (C=O) groups excluding carboxylic acids is 3. The van der Waals surface area contributed by atoms with E-state index in [1.807, 2.05) is 55.4 Å². The summed E-state index contributed by atoms with van der Waals surface area (Å²) in [5.74, 6) is -2.06. The van der Waals surface area contributed by atoms with E-state index in [9.17, 15) is 19.5 Å². The Kier molecular flexibility index (Phi) is 7.33. The maximum Gasteiger partial charge on any atom is 0.246 e. The molecule has 3 amide bonds. The van der Waals surface area contributed by atoms with Crippen LogP contribution in [0.1, 0.15) is 61.8 Å². The molecule has 3 unspecified atom stereocenters. The number of hydrogen-bond donors (Lipinski definition) is 3. The van der Waals surface area contributed by atoms with Crippen LogP contribution < -0.4 is 15.4 Å². The second kappa shape index (κ2) is 9.83. The third kappa shape index (κ3) is 4.47. The summed E-state index contributed by atoms with van der Waals surface area (Å²) in [6, 6.07) is 5.56. The second-order valence-corrected chi connectivity index (χ2v) is 12.6. The van der Waals surface area contributed by atoms with Crippen LogP contribution in [0.25, 0.3) is 0 Å². The fraction of sp³-hybridized carbons (Fsp3) is 0.690. The molecule has 9 heteroatoms. The molecule has 3 heterocycles. The maximum absolute atomic E-state index is 14.2. The van der Waals surface area contributed by atoms with Gasteiger partial charge in [0.1, 0.15) is 17.4 Å². The van der Waals surface area contributed by atoms with Gasteiger partial charge in [-0.25, -0.2) is 0 Å². The van der Waals surface area contributed by atoms with Crippen LogP contribution >= 0.6 is 0 Å². The minimum Gasteiger partial charge on any atom is -0.494 e. The third-order valence-electron chi connectivity index (χ3n) is 8.53. The van der Waals surface area contributed by atoms with Crippen LogP contribution in [0, 0.1) is 23.7 Å². The fourth-order valence-corrected chi connectivity index (χ4v) is 6.81. The van der Waals surface area contributed by atoms with E-state index in [1.54, 1.807) is 24.3 Å². The average Bonchev–Trinajstić information content (AvgIpc) is 3.31. The fourth-order valence-electron chi connectivity index (χ4n) is 6.81. The maximum atomic E-state index is 14.2. The minimum atomic E-state index is -1.16. The molecule has 1 spiro atoms. The molecule has 0 radical (unpaired) electrons. The molecule has 0 aromatic heterocycles. The lowest BCUT2D eigenvalue weighted by molar-refractivity contribution is -0.151. The Bertz CT molecular complexity index is 1080. The van der Waals surface area contributed by atoms with Crippen LogP contribution in [-0.2, 0) is 19.1 Å². The predicted octanol–water partition coefficient (Wildman–Crippen LogP) is 2.97. The molecule has 0 aliphatic carbocycles. The van der Waals surface area contributed by atoms with Crippen molar-refractivity contribution >= 4 is 23.4 Å². The third-order valence-corrected chi connectivity index (χ3v) is 8.53. The van der Waals surface area contributed by atoms with Crippen molar-refractivity contribution in [2.75, 3.05) is 18.5 Å². The number of aliphatic hydroxyl groups excluding tert-OH is 1. The van der Waals surface area contributed by atoms with Crippen molar-refractivity contribution < 1.29 is 29.0 Å². The highest BCUT2D eigenvalue weighted by atomic mass is 16.5. The number of nitrogens with zero attached hydrogens (tertiary/aromatic N) is 1.